The minimum absolute atomic E-state index is 0.0286. The SMILES string of the molecule is CCCCOc1ccc(C(=O)N2CCCN(C(=O)CC)CC2)cc1. The van der Waals surface area contributed by atoms with Gasteiger partial charge in [0.05, 0.1) is 6.61 Å². The van der Waals surface area contributed by atoms with Gasteiger partial charge in [0.25, 0.3) is 5.91 Å². The van der Waals surface area contributed by atoms with Crippen LogP contribution in [0.5, 0.6) is 5.75 Å². The summed E-state index contributed by atoms with van der Waals surface area (Å²) in [6, 6.07) is 7.36. The van der Waals surface area contributed by atoms with Crippen LogP contribution in [0.3, 0.4) is 0 Å². The molecule has 0 atom stereocenters. The second kappa shape index (κ2) is 9.30. The Bertz CT molecular complexity index is 542. The van der Waals surface area contributed by atoms with Crippen molar-refractivity contribution in [2.75, 3.05) is 32.8 Å². The van der Waals surface area contributed by atoms with Crippen LogP contribution in [0.2, 0.25) is 0 Å². The normalized spacial score (nSPS) is 15.1. The van der Waals surface area contributed by atoms with E-state index in [0.29, 0.717) is 38.2 Å². The summed E-state index contributed by atoms with van der Waals surface area (Å²) in [6.07, 6.45) is 3.48. The number of carbonyl (C=O) groups excluding carboxylic acids is 2. The van der Waals surface area contributed by atoms with Crippen molar-refractivity contribution in [3.63, 3.8) is 0 Å². The average molecular weight is 332 g/mol. The second-order valence-electron chi connectivity index (χ2n) is 6.11. The molecule has 24 heavy (non-hydrogen) atoms. The Hall–Kier alpha value is -2.04. The van der Waals surface area contributed by atoms with Gasteiger partial charge in [-0.05, 0) is 37.1 Å². The van der Waals surface area contributed by atoms with Crippen molar-refractivity contribution in [1.29, 1.82) is 0 Å². The van der Waals surface area contributed by atoms with E-state index in [1.165, 1.54) is 0 Å². The highest BCUT2D eigenvalue weighted by molar-refractivity contribution is 5.94. The first-order valence-corrected chi connectivity index (χ1v) is 8.95. The first kappa shape index (κ1) is 18.3. The van der Waals surface area contributed by atoms with Crippen LogP contribution in [0.1, 0.15) is 49.9 Å². The molecule has 2 rings (SSSR count). The molecule has 132 valence electrons. The van der Waals surface area contributed by atoms with E-state index in [9.17, 15) is 9.59 Å². The zero-order valence-corrected chi connectivity index (χ0v) is 14.8. The van der Waals surface area contributed by atoms with Gasteiger partial charge in [0, 0.05) is 38.2 Å². The highest BCUT2D eigenvalue weighted by Gasteiger charge is 2.22. The lowest BCUT2D eigenvalue weighted by atomic mass is 10.2. The molecular weight excluding hydrogens is 304 g/mol. The first-order valence-electron chi connectivity index (χ1n) is 8.95. The van der Waals surface area contributed by atoms with E-state index in [1.54, 1.807) is 0 Å². The van der Waals surface area contributed by atoms with E-state index >= 15 is 0 Å². The molecule has 0 bridgehead atoms. The van der Waals surface area contributed by atoms with E-state index in [1.807, 2.05) is 41.0 Å². The van der Waals surface area contributed by atoms with Crippen molar-refractivity contribution in [3.05, 3.63) is 29.8 Å². The average Bonchev–Trinajstić information content (AvgIpc) is 2.87. The van der Waals surface area contributed by atoms with E-state index in [2.05, 4.69) is 6.92 Å². The van der Waals surface area contributed by atoms with Gasteiger partial charge < -0.3 is 14.5 Å². The van der Waals surface area contributed by atoms with Gasteiger partial charge in [-0.2, -0.15) is 0 Å². The summed E-state index contributed by atoms with van der Waals surface area (Å²) in [4.78, 5) is 28.2. The van der Waals surface area contributed by atoms with Crippen LogP contribution in [-0.4, -0.2) is 54.4 Å². The van der Waals surface area contributed by atoms with E-state index in [0.717, 1.165) is 31.6 Å². The summed E-state index contributed by atoms with van der Waals surface area (Å²) in [6.45, 7) is 7.36. The number of ether oxygens (including phenoxy) is 1. The molecule has 0 aliphatic carbocycles. The summed E-state index contributed by atoms with van der Waals surface area (Å²) in [7, 11) is 0. The Labute approximate surface area is 144 Å². The molecule has 1 heterocycles. The number of amides is 2. The highest BCUT2D eigenvalue weighted by atomic mass is 16.5. The monoisotopic (exact) mass is 332 g/mol. The van der Waals surface area contributed by atoms with Gasteiger partial charge in [0.15, 0.2) is 0 Å². The maximum Gasteiger partial charge on any atom is 0.253 e. The van der Waals surface area contributed by atoms with Crippen molar-refractivity contribution < 1.29 is 14.3 Å². The Morgan fingerprint density at radius 3 is 2.33 bits per heavy atom. The zero-order valence-electron chi connectivity index (χ0n) is 14.8. The molecule has 1 aliphatic heterocycles. The topological polar surface area (TPSA) is 49.9 Å². The summed E-state index contributed by atoms with van der Waals surface area (Å²) >= 11 is 0. The molecule has 0 N–H and O–H groups in total. The molecular formula is C19H28N2O3. The van der Waals surface area contributed by atoms with Crippen LogP contribution in [0.4, 0.5) is 0 Å². The van der Waals surface area contributed by atoms with Crippen molar-refractivity contribution in [2.24, 2.45) is 0 Å². The number of unbranched alkanes of at least 4 members (excludes halogenated alkanes) is 1. The van der Waals surface area contributed by atoms with Crippen molar-refractivity contribution >= 4 is 11.8 Å². The Kier molecular flexibility index (Phi) is 7.09. The molecule has 5 nitrogen and oxygen atoms in total. The maximum atomic E-state index is 12.7. The lowest BCUT2D eigenvalue weighted by Gasteiger charge is -2.22. The quantitative estimate of drug-likeness (QED) is 0.753. The lowest BCUT2D eigenvalue weighted by molar-refractivity contribution is -0.130. The highest BCUT2D eigenvalue weighted by Crippen LogP contribution is 2.15. The van der Waals surface area contributed by atoms with Gasteiger partial charge in [-0.25, -0.2) is 0 Å². The Morgan fingerprint density at radius 1 is 1.00 bits per heavy atom. The standard InChI is InChI=1S/C19H28N2O3/c1-3-5-15-24-17-9-7-16(8-10-17)19(23)21-12-6-11-20(13-14-21)18(22)4-2/h7-10H,3-6,11-15H2,1-2H3. The van der Waals surface area contributed by atoms with Gasteiger partial charge >= 0.3 is 0 Å². The largest absolute Gasteiger partial charge is 0.494 e. The Morgan fingerprint density at radius 2 is 1.67 bits per heavy atom. The number of hydrogen-bond acceptors (Lipinski definition) is 3. The van der Waals surface area contributed by atoms with Gasteiger partial charge in [-0.15, -0.1) is 0 Å². The van der Waals surface area contributed by atoms with Crippen LogP contribution in [0.25, 0.3) is 0 Å². The molecule has 0 aromatic heterocycles. The fourth-order valence-electron chi connectivity index (χ4n) is 2.80. The third-order valence-electron chi connectivity index (χ3n) is 4.31. The molecule has 1 aromatic rings. The van der Waals surface area contributed by atoms with Crippen molar-refractivity contribution in [1.82, 2.24) is 9.80 Å². The Balaban J connectivity index is 1.92. The number of hydrogen-bond donors (Lipinski definition) is 0. The van der Waals surface area contributed by atoms with E-state index in [4.69, 9.17) is 4.74 Å². The smallest absolute Gasteiger partial charge is 0.253 e. The minimum Gasteiger partial charge on any atom is -0.494 e. The molecule has 1 aromatic carbocycles. The molecule has 0 spiro atoms. The molecule has 5 heteroatoms. The predicted octanol–water partition coefficient (Wildman–Crippen LogP) is 2.95. The van der Waals surface area contributed by atoms with Crippen LogP contribution >= 0.6 is 0 Å². The lowest BCUT2D eigenvalue weighted by Crippen LogP contribution is -2.37. The molecule has 0 saturated carbocycles. The second-order valence-corrected chi connectivity index (χ2v) is 6.11. The number of carbonyl (C=O) groups is 2. The van der Waals surface area contributed by atoms with Crippen LogP contribution in [-0.2, 0) is 4.79 Å². The third kappa shape index (κ3) is 4.98. The van der Waals surface area contributed by atoms with Gasteiger partial charge in [-0.1, -0.05) is 20.3 Å². The maximum absolute atomic E-state index is 12.7. The fraction of sp³-hybridized carbons (Fsp3) is 0.579. The zero-order chi connectivity index (χ0) is 17.4. The molecule has 1 saturated heterocycles. The van der Waals surface area contributed by atoms with Gasteiger partial charge in [0.1, 0.15) is 5.75 Å². The molecule has 0 radical (unpaired) electrons. The fourth-order valence-corrected chi connectivity index (χ4v) is 2.80. The number of benzene rings is 1. The molecule has 0 unspecified atom stereocenters. The number of rotatable bonds is 6. The molecule has 1 fully saturated rings. The van der Waals surface area contributed by atoms with Crippen LogP contribution in [0.15, 0.2) is 24.3 Å². The summed E-state index contributed by atoms with van der Waals surface area (Å²) in [5, 5.41) is 0. The predicted molar refractivity (Wildman–Crippen MR) is 94.2 cm³/mol. The minimum atomic E-state index is 0.0286. The molecule has 1 aliphatic rings. The molecule has 2 amide bonds. The third-order valence-corrected chi connectivity index (χ3v) is 4.31. The van der Waals surface area contributed by atoms with Gasteiger partial charge in [0.2, 0.25) is 5.91 Å². The summed E-state index contributed by atoms with van der Waals surface area (Å²) in [5.74, 6) is 0.995. The van der Waals surface area contributed by atoms with Gasteiger partial charge in [-0.3, -0.25) is 9.59 Å². The number of nitrogens with zero attached hydrogens (tertiary/aromatic N) is 2. The van der Waals surface area contributed by atoms with Crippen molar-refractivity contribution in [2.45, 2.75) is 39.5 Å². The summed E-state index contributed by atoms with van der Waals surface area (Å²) < 4.78 is 5.63. The summed E-state index contributed by atoms with van der Waals surface area (Å²) in [5.41, 5.74) is 0.674. The van der Waals surface area contributed by atoms with Crippen molar-refractivity contribution in [3.8, 4) is 5.75 Å². The van der Waals surface area contributed by atoms with Crippen LogP contribution in [0, 0.1) is 0 Å². The van der Waals surface area contributed by atoms with E-state index < -0.39 is 0 Å². The van der Waals surface area contributed by atoms with E-state index in [-0.39, 0.29) is 11.8 Å². The van der Waals surface area contributed by atoms with Crippen LogP contribution < -0.4 is 4.74 Å². The first-order chi connectivity index (χ1) is 11.7.